The van der Waals surface area contributed by atoms with Crippen molar-refractivity contribution in [1.29, 1.82) is 0 Å². The summed E-state index contributed by atoms with van der Waals surface area (Å²) in [6.45, 7) is 6.96. The van der Waals surface area contributed by atoms with Gasteiger partial charge in [-0.2, -0.15) is 0 Å². The first-order valence-corrected chi connectivity index (χ1v) is 12.0. The molecule has 3 saturated heterocycles. The van der Waals surface area contributed by atoms with E-state index >= 15 is 0 Å². The number of aryl methyl sites for hydroxylation is 1. The minimum atomic E-state index is -1.33. The van der Waals surface area contributed by atoms with Gasteiger partial charge in [0.15, 0.2) is 0 Å². The topological polar surface area (TPSA) is 107 Å². The van der Waals surface area contributed by atoms with Crippen molar-refractivity contribution in [2.24, 2.45) is 11.8 Å². The minimum absolute atomic E-state index is 0.125. The number of aliphatic carboxylic acids is 1. The SMILES string of the molecule is C=CCN(C(=O)[C@@H]1N([C@H](C)CO)C(=O)[C@H]2[C@H](C(=O)O)[C@H]3O[C@@]12CC3Br)c1c(C)cccc1Cl. The number of carbonyl (C=O) groups excluding carboxylic acids is 2. The van der Waals surface area contributed by atoms with E-state index in [9.17, 15) is 24.6 Å². The van der Waals surface area contributed by atoms with Crippen LogP contribution >= 0.6 is 27.5 Å². The fraction of sp³-hybridized carbons (Fsp3) is 0.522. The second-order valence-corrected chi connectivity index (χ2v) is 10.5. The maximum atomic E-state index is 14.2. The average molecular weight is 542 g/mol. The van der Waals surface area contributed by atoms with Crippen LogP contribution in [0.3, 0.4) is 0 Å². The number of para-hydroxylation sites is 1. The summed E-state index contributed by atoms with van der Waals surface area (Å²) < 4.78 is 6.25. The van der Waals surface area contributed by atoms with Gasteiger partial charge in [-0.15, -0.1) is 6.58 Å². The number of aliphatic hydroxyl groups excluding tert-OH is 1. The molecule has 8 nitrogen and oxygen atoms in total. The summed E-state index contributed by atoms with van der Waals surface area (Å²) in [5, 5.41) is 20.2. The molecule has 0 aromatic heterocycles. The summed E-state index contributed by atoms with van der Waals surface area (Å²) in [4.78, 5) is 42.4. The standard InChI is InChI=1S/C23H26BrClN2O6/c1-4-8-26(17-11(2)6-5-7-14(17)25)21(30)19-23-9-13(24)18(33-23)15(22(31)32)16(23)20(29)27(19)12(3)10-28/h4-7,12-13,15-16,18-19,28H,1,8-10H2,2-3H3,(H,31,32)/t12-,13?,15+,16-,18+,19+,23-/m1/s1. The van der Waals surface area contributed by atoms with E-state index in [1.165, 1.54) is 9.80 Å². The lowest BCUT2D eigenvalue weighted by Crippen LogP contribution is -2.59. The highest BCUT2D eigenvalue weighted by molar-refractivity contribution is 9.09. The Morgan fingerprint density at radius 3 is 2.76 bits per heavy atom. The highest BCUT2D eigenvalue weighted by Gasteiger charge is 2.77. The number of rotatable bonds is 7. The number of ether oxygens (including phenoxy) is 1. The Bertz CT molecular complexity index is 1000. The summed E-state index contributed by atoms with van der Waals surface area (Å²) in [6.07, 6.45) is 1.13. The lowest BCUT2D eigenvalue weighted by molar-refractivity contribution is -0.150. The molecular formula is C23H26BrClN2O6. The lowest BCUT2D eigenvalue weighted by atomic mass is 9.70. The van der Waals surface area contributed by atoms with Crippen molar-refractivity contribution < 1.29 is 29.3 Å². The molecule has 10 heteroatoms. The minimum Gasteiger partial charge on any atom is -0.481 e. The van der Waals surface area contributed by atoms with E-state index in [0.29, 0.717) is 17.1 Å². The molecule has 2 amide bonds. The number of fused-ring (bicyclic) bond motifs is 1. The Morgan fingerprint density at radius 1 is 1.48 bits per heavy atom. The van der Waals surface area contributed by atoms with Crippen LogP contribution in [-0.2, 0) is 19.1 Å². The van der Waals surface area contributed by atoms with Gasteiger partial charge in [0.05, 0.1) is 41.3 Å². The number of benzene rings is 1. The van der Waals surface area contributed by atoms with E-state index in [4.69, 9.17) is 16.3 Å². The van der Waals surface area contributed by atoms with Crippen molar-refractivity contribution in [3.05, 3.63) is 41.4 Å². The largest absolute Gasteiger partial charge is 0.481 e. The average Bonchev–Trinajstić information content (AvgIpc) is 3.35. The predicted molar refractivity (Wildman–Crippen MR) is 125 cm³/mol. The van der Waals surface area contributed by atoms with Crippen molar-refractivity contribution in [3.63, 3.8) is 0 Å². The Balaban J connectivity index is 1.87. The van der Waals surface area contributed by atoms with Gasteiger partial charge in [-0.1, -0.05) is 45.7 Å². The number of likely N-dealkylation sites (tertiary alicyclic amines) is 1. The van der Waals surface area contributed by atoms with Crippen LogP contribution in [-0.4, -0.2) is 74.7 Å². The Hall–Kier alpha value is -1.94. The highest BCUT2D eigenvalue weighted by Crippen LogP contribution is 2.60. The molecule has 1 unspecified atom stereocenters. The number of nitrogens with zero attached hydrogens (tertiary/aromatic N) is 2. The van der Waals surface area contributed by atoms with Gasteiger partial charge in [0.2, 0.25) is 5.91 Å². The first-order chi connectivity index (χ1) is 15.6. The molecule has 3 heterocycles. The third-order valence-electron chi connectivity index (χ3n) is 7.02. The van der Waals surface area contributed by atoms with Gasteiger partial charge in [0.25, 0.3) is 5.91 Å². The van der Waals surface area contributed by atoms with E-state index in [-0.39, 0.29) is 18.0 Å². The second kappa shape index (κ2) is 8.69. The smallest absolute Gasteiger partial charge is 0.310 e. The van der Waals surface area contributed by atoms with Crippen LogP contribution in [0.4, 0.5) is 5.69 Å². The van der Waals surface area contributed by atoms with E-state index < -0.39 is 53.4 Å². The summed E-state index contributed by atoms with van der Waals surface area (Å²) >= 11 is 9.99. The Kier molecular flexibility index (Phi) is 6.37. The number of hydrogen-bond donors (Lipinski definition) is 2. The number of carbonyl (C=O) groups is 3. The zero-order chi connectivity index (χ0) is 24.2. The molecule has 7 atom stereocenters. The molecule has 3 aliphatic rings. The fourth-order valence-electron chi connectivity index (χ4n) is 5.72. The van der Waals surface area contributed by atoms with Gasteiger partial charge in [0, 0.05) is 11.4 Å². The normalized spacial score (nSPS) is 33.2. The van der Waals surface area contributed by atoms with Gasteiger partial charge in [0.1, 0.15) is 11.6 Å². The summed E-state index contributed by atoms with van der Waals surface area (Å²) in [6, 6.07) is 3.44. The number of halogens is 2. The zero-order valence-corrected chi connectivity index (χ0v) is 20.6. The van der Waals surface area contributed by atoms with Crippen molar-refractivity contribution in [3.8, 4) is 0 Å². The third-order valence-corrected chi connectivity index (χ3v) is 8.17. The van der Waals surface area contributed by atoms with Gasteiger partial charge in [-0.05, 0) is 31.9 Å². The van der Waals surface area contributed by atoms with Crippen molar-refractivity contribution in [2.75, 3.05) is 18.1 Å². The predicted octanol–water partition coefficient (Wildman–Crippen LogP) is 2.38. The first kappa shape index (κ1) is 24.2. The molecule has 2 N–H and O–H groups in total. The molecule has 0 radical (unpaired) electrons. The van der Waals surface area contributed by atoms with E-state index in [0.717, 1.165) is 5.56 Å². The highest BCUT2D eigenvalue weighted by atomic mass is 79.9. The second-order valence-electron chi connectivity index (χ2n) is 8.92. The molecule has 1 aromatic rings. The molecule has 3 aliphatic heterocycles. The first-order valence-electron chi connectivity index (χ1n) is 10.8. The molecule has 0 saturated carbocycles. The van der Waals surface area contributed by atoms with Crippen LogP contribution in [0.5, 0.6) is 0 Å². The number of aliphatic hydroxyl groups is 1. The summed E-state index contributed by atoms with van der Waals surface area (Å²) in [7, 11) is 0. The summed E-state index contributed by atoms with van der Waals surface area (Å²) in [5.41, 5.74) is -0.0735. The number of carboxylic acids is 1. The van der Waals surface area contributed by atoms with Crippen LogP contribution in [0.2, 0.25) is 5.02 Å². The van der Waals surface area contributed by atoms with Crippen LogP contribution in [0, 0.1) is 18.8 Å². The molecule has 1 aromatic carbocycles. The molecule has 1 spiro atoms. The molecule has 2 bridgehead atoms. The zero-order valence-electron chi connectivity index (χ0n) is 18.3. The van der Waals surface area contributed by atoms with Crippen molar-refractivity contribution in [1.82, 2.24) is 4.90 Å². The molecule has 3 fully saturated rings. The fourth-order valence-corrected chi connectivity index (χ4v) is 6.99. The van der Waals surface area contributed by atoms with Crippen LogP contribution < -0.4 is 4.90 Å². The number of hydrogen-bond acceptors (Lipinski definition) is 5. The molecule has 33 heavy (non-hydrogen) atoms. The number of alkyl halides is 1. The Labute approximate surface area is 205 Å². The molecule has 0 aliphatic carbocycles. The number of anilines is 1. The quantitative estimate of drug-likeness (QED) is 0.405. The third kappa shape index (κ3) is 3.43. The number of carboxylic acid groups (broad SMARTS) is 1. The molecular weight excluding hydrogens is 516 g/mol. The summed E-state index contributed by atoms with van der Waals surface area (Å²) in [5.74, 6) is -4.18. The van der Waals surface area contributed by atoms with Crippen LogP contribution in [0.1, 0.15) is 18.9 Å². The lowest BCUT2D eigenvalue weighted by Gasteiger charge is -2.39. The number of amides is 2. The van der Waals surface area contributed by atoms with Gasteiger partial charge in [-0.25, -0.2) is 0 Å². The Morgan fingerprint density at radius 2 is 2.18 bits per heavy atom. The maximum absolute atomic E-state index is 14.2. The van der Waals surface area contributed by atoms with Crippen molar-refractivity contribution in [2.45, 2.75) is 48.9 Å². The van der Waals surface area contributed by atoms with Gasteiger partial charge >= 0.3 is 5.97 Å². The van der Waals surface area contributed by atoms with Crippen LogP contribution in [0.25, 0.3) is 0 Å². The van der Waals surface area contributed by atoms with Gasteiger partial charge < -0.3 is 24.7 Å². The molecule has 4 rings (SSSR count). The van der Waals surface area contributed by atoms with Crippen LogP contribution in [0.15, 0.2) is 30.9 Å². The van der Waals surface area contributed by atoms with E-state index in [1.807, 2.05) is 13.0 Å². The van der Waals surface area contributed by atoms with Gasteiger partial charge in [-0.3, -0.25) is 14.4 Å². The van der Waals surface area contributed by atoms with Crippen molar-refractivity contribution >= 4 is 51.0 Å². The monoisotopic (exact) mass is 540 g/mol. The molecule has 178 valence electrons. The van der Waals surface area contributed by atoms with E-state index in [2.05, 4.69) is 22.5 Å². The van der Waals surface area contributed by atoms with E-state index in [1.54, 1.807) is 25.1 Å². The maximum Gasteiger partial charge on any atom is 0.310 e.